The van der Waals surface area contributed by atoms with Gasteiger partial charge in [0.05, 0.1) is 21.9 Å². The van der Waals surface area contributed by atoms with Crippen LogP contribution in [0.1, 0.15) is 0 Å². The Morgan fingerprint density at radius 1 is 0.625 bits per heavy atom. The van der Waals surface area contributed by atoms with Crippen molar-refractivity contribution < 1.29 is 0 Å². The van der Waals surface area contributed by atoms with Crippen molar-refractivity contribution in [1.29, 1.82) is 0 Å². The first-order valence-corrected chi connectivity index (χ1v) is 12.5. The van der Waals surface area contributed by atoms with Crippen LogP contribution in [0.15, 0.2) is 60.7 Å². The molecule has 2 rings (SSSR count). The normalized spacial score (nSPS) is 10.6. The first-order valence-electron chi connectivity index (χ1n) is 7.69. The number of rotatable bonds is 11. The third-order valence-corrected chi connectivity index (χ3v) is 8.95. The maximum atomic E-state index is 2.29. The molecular weight excluding hydrogens is 372 g/mol. The third kappa shape index (κ3) is 7.55. The molecule has 6 heteroatoms. The SMILES string of the molecule is CN(CSCSSCSCN(C)c1ccccc1)c1ccccc1. The summed E-state index contributed by atoms with van der Waals surface area (Å²) in [5.41, 5.74) is 2.56. The molecule has 0 unspecified atom stereocenters. The summed E-state index contributed by atoms with van der Waals surface area (Å²) < 4.78 is 0. The van der Waals surface area contributed by atoms with E-state index in [9.17, 15) is 0 Å². The lowest BCUT2D eigenvalue weighted by Gasteiger charge is -2.19. The van der Waals surface area contributed by atoms with Crippen LogP contribution in [0.3, 0.4) is 0 Å². The molecule has 0 fully saturated rings. The summed E-state index contributed by atoms with van der Waals surface area (Å²) in [5, 5.41) is 2.24. The fraction of sp³-hybridized carbons (Fsp3) is 0.333. The highest BCUT2D eigenvalue weighted by molar-refractivity contribution is 8.79. The predicted molar refractivity (Wildman–Crippen MR) is 120 cm³/mol. The Morgan fingerprint density at radius 3 is 1.38 bits per heavy atom. The minimum atomic E-state index is 1.03. The number of benzene rings is 2. The van der Waals surface area contributed by atoms with Gasteiger partial charge in [0.15, 0.2) is 0 Å². The van der Waals surface area contributed by atoms with Crippen LogP contribution in [0.5, 0.6) is 0 Å². The van der Waals surface area contributed by atoms with Crippen molar-refractivity contribution >= 4 is 56.5 Å². The molecule has 0 saturated carbocycles. The van der Waals surface area contributed by atoms with E-state index in [1.165, 1.54) is 11.4 Å². The summed E-state index contributed by atoms with van der Waals surface area (Å²) in [7, 11) is 8.20. The van der Waals surface area contributed by atoms with Crippen LogP contribution in [0, 0.1) is 0 Å². The fourth-order valence-corrected chi connectivity index (χ4v) is 6.98. The second-order valence-electron chi connectivity index (χ2n) is 5.20. The molecular formula is C18H24N2S4. The number of hydrogen-bond acceptors (Lipinski definition) is 6. The van der Waals surface area contributed by atoms with Gasteiger partial charge in [0.25, 0.3) is 0 Å². The lowest BCUT2D eigenvalue weighted by Crippen LogP contribution is -2.15. The Hall–Kier alpha value is -0.560. The van der Waals surface area contributed by atoms with Crippen LogP contribution >= 0.6 is 45.1 Å². The van der Waals surface area contributed by atoms with Crippen molar-refractivity contribution in [2.45, 2.75) is 0 Å². The molecule has 130 valence electrons. The second kappa shape index (κ2) is 11.9. The molecule has 0 aliphatic rings. The molecule has 0 aliphatic carbocycles. The van der Waals surface area contributed by atoms with Crippen molar-refractivity contribution in [3.63, 3.8) is 0 Å². The summed E-state index contributed by atoms with van der Waals surface area (Å²) in [6.07, 6.45) is 0. The van der Waals surface area contributed by atoms with Gasteiger partial charge < -0.3 is 9.80 Å². The topological polar surface area (TPSA) is 6.48 Å². The van der Waals surface area contributed by atoms with Gasteiger partial charge >= 0.3 is 0 Å². The van der Waals surface area contributed by atoms with Crippen LogP contribution in [-0.2, 0) is 0 Å². The summed E-state index contributed by atoms with van der Waals surface area (Å²) in [5.74, 6) is 2.06. The summed E-state index contributed by atoms with van der Waals surface area (Å²) in [6.45, 7) is 0. The maximum absolute atomic E-state index is 2.29. The van der Waals surface area contributed by atoms with Gasteiger partial charge in [-0.15, -0.1) is 23.5 Å². The third-order valence-electron chi connectivity index (χ3n) is 3.31. The van der Waals surface area contributed by atoms with E-state index in [-0.39, 0.29) is 0 Å². The Balaban J connectivity index is 1.47. The van der Waals surface area contributed by atoms with Crippen LogP contribution in [0.4, 0.5) is 11.4 Å². The predicted octanol–water partition coefficient (Wildman–Crippen LogP) is 5.94. The zero-order chi connectivity index (χ0) is 17.0. The van der Waals surface area contributed by atoms with Gasteiger partial charge in [0.1, 0.15) is 0 Å². The van der Waals surface area contributed by atoms with E-state index in [1.54, 1.807) is 0 Å². The van der Waals surface area contributed by atoms with E-state index in [0.717, 1.165) is 21.9 Å². The van der Waals surface area contributed by atoms with Gasteiger partial charge in [-0.1, -0.05) is 58.0 Å². The number of nitrogens with zero attached hydrogens (tertiary/aromatic N) is 2. The highest BCUT2D eigenvalue weighted by Crippen LogP contribution is 2.30. The van der Waals surface area contributed by atoms with E-state index in [2.05, 4.69) is 84.6 Å². The summed E-state index contributed by atoms with van der Waals surface area (Å²) in [6, 6.07) is 21.1. The quantitative estimate of drug-likeness (QED) is 0.262. The molecule has 0 aliphatic heterocycles. The first kappa shape index (κ1) is 19.8. The number of para-hydroxylation sites is 2. The second-order valence-corrected chi connectivity index (χ2v) is 10.3. The van der Waals surface area contributed by atoms with Gasteiger partial charge in [0, 0.05) is 25.5 Å². The van der Waals surface area contributed by atoms with Crippen molar-refractivity contribution in [2.24, 2.45) is 0 Å². The number of thioether (sulfide) groups is 2. The van der Waals surface area contributed by atoms with E-state index < -0.39 is 0 Å². The van der Waals surface area contributed by atoms with Crippen molar-refractivity contribution in [1.82, 2.24) is 0 Å². The van der Waals surface area contributed by atoms with Crippen LogP contribution < -0.4 is 9.80 Å². The van der Waals surface area contributed by atoms with Crippen molar-refractivity contribution in [3.8, 4) is 0 Å². The van der Waals surface area contributed by atoms with E-state index in [1.807, 2.05) is 45.1 Å². The molecule has 24 heavy (non-hydrogen) atoms. The molecule has 0 radical (unpaired) electrons. The van der Waals surface area contributed by atoms with E-state index >= 15 is 0 Å². The van der Waals surface area contributed by atoms with Crippen LogP contribution in [0.2, 0.25) is 0 Å². The standard InChI is InChI=1S/C18H24N2S4/c1-19(17-9-5-3-6-10-17)13-21-15-23-24-16-22-14-20(2)18-11-7-4-8-12-18/h3-12H,13-16H2,1-2H3. The molecule has 0 bridgehead atoms. The average molecular weight is 397 g/mol. The van der Waals surface area contributed by atoms with Gasteiger partial charge in [-0.2, -0.15) is 0 Å². The van der Waals surface area contributed by atoms with E-state index in [0.29, 0.717) is 0 Å². The monoisotopic (exact) mass is 396 g/mol. The summed E-state index contributed by atoms with van der Waals surface area (Å²) in [4.78, 5) is 4.58. The Bertz CT molecular complexity index is 502. The van der Waals surface area contributed by atoms with Crippen molar-refractivity contribution in [2.75, 3.05) is 45.8 Å². The minimum Gasteiger partial charge on any atom is -0.365 e. The van der Waals surface area contributed by atoms with Gasteiger partial charge in [-0.25, -0.2) is 0 Å². The van der Waals surface area contributed by atoms with E-state index in [4.69, 9.17) is 0 Å². The Kier molecular flexibility index (Phi) is 9.80. The Labute approximate surface area is 162 Å². The largest absolute Gasteiger partial charge is 0.365 e. The molecule has 0 atom stereocenters. The molecule has 2 aromatic carbocycles. The molecule has 2 aromatic rings. The lowest BCUT2D eigenvalue weighted by atomic mass is 10.3. The van der Waals surface area contributed by atoms with Gasteiger partial charge in [-0.3, -0.25) is 0 Å². The average Bonchev–Trinajstić information content (AvgIpc) is 2.65. The number of anilines is 2. The van der Waals surface area contributed by atoms with Gasteiger partial charge in [-0.05, 0) is 24.3 Å². The molecule has 0 saturated heterocycles. The van der Waals surface area contributed by atoms with Crippen LogP contribution in [0.25, 0.3) is 0 Å². The lowest BCUT2D eigenvalue weighted by molar-refractivity contribution is 1.10. The highest BCUT2D eigenvalue weighted by Gasteiger charge is 2.01. The summed E-state index contributed by atoms with van der Waals surface area (Å²) >= 11 is 3.93. The maximum Gasteiger partial charge on any atom is 0.0644 e. The zero-order valence-corrected chi connectivity index (χ0v) is 17.4. The minimum absolute atomic E-state index is 1.03. The van der Waals surface area contributed by atoms with Gasteiger partial charge in [0.2, 0.25) is 0 Å². The fourth-order valence-electron chi connectivity index (χ4n) is 2.00. The highest BCUT2D eigenvalue weighted by atomic mass is 33.1. The molecule has 2 nitrogen and oxygen atoms in total. The zero-order valence-electron chi connectivity index (χ0n) is 14.1. The molecule has 0 N–H and O–H groups in total. The Morgan fingerprint density at radius 2 is 1.00 bits per heavy atom. The molecule has 0 heterocycles. The molecule has 0 amide bonds. The molecule has 0 aromatic heterocycles. The molecule has 0 spiro atoms. The smallest absolute Gasteiger partial charge is 0.0644 e. The van der Waals surface area contributed by atoms with Crippen LogP contribution in [-0.4, -0.2) is 36.0 Å². The van der Waals surface area contributed by atoms with Crippen molar-refractivity contribution in [3.05, 3.63) is 60.7 Å². The first-order chi connectivity index (χ1) is 11.8. The number of hydrogen-bond donors (Lipinski definition) is 0.